The van der Waals surface area contributed by atoms with E-state index >= 15 is 0 Å². The molecule has 1 aromatic heterocycles. The van der Waals surface area contributed by atoms with Crippen LogP contribution < -0.4 is 25.4 Å². The van der Waals surface area contributed by atoms with E-state index in [2.05, 4.69) is 39.3 Å². The number of benzene rings is 1. The molecule has 160 valence electrons. The van der Waals surface area contributed by atoms with Crippen molar-refractivity contribution < 1.29 is 14.3 Å². The molecule has 0 fully saturated rings. The molecule has 0 saturated carbocycles. The van der Waals surface area contributed by atoms with Gasteiger partial charge in [0.1, 0.15) is 0 Å². The zero-order valence-corrected chi connectivity index (χ0v) is 20.4. The minimum absolute atomic E-state index is 0. The van der Waals surface area contributed by atoms with Crippen molar-refractivity contribution in [1.82, 2.24) is 16.0 Å². The SMILES string of the molecule is CCNC(=O)COc1ccc(CNC(=NC)NCc2sccc2C)cc1OC.I. The second-order valence-electron chi connectivity index (χ2n) is 6.03. The molecule has 7 nitrogen and oxygen atoms in total. The van der Waals surface area contributed by atoms with Crippen LogP contribution in [0.1, 0.15) is 22.9 Å². The molecule has 0 aliphatic carbocycles. The topological polar surface area (TPSA) is 84.0 Å². The van der Waals surface area contributed by atoms with E-state index in [1.807, 2.05) is 19.1 Å². The third-order valence-electron chi connectivity index (χ3n) is 4.03. The van der Waals surface area contributed by atoms with Crippen molar-refractivity contribution in [2.75, 3.05) is 27.3 Å². The van der Waals surface area contributed by atoms with Gasteiger partial charge in [-0.25, -0.2) is 0 Å². The van der Waals surface area contributed by atoms with E-state index in [0.717, 1.165) is 18.1 Å². The lowest BCUT2D eigenvalue weighted by Gasteiger charge is -2.14. The fourth-order valence-corrected chi connectivity index (χ4v) is 3.33. The van der Waals surface area contributed by atoms with Crippen LogP contribution in [-0.4, -0.2) is 39.2 Å². The first-order chi connectivity index (χ1) is 13.6. The highest BCUT2D eigenvalue weighted by atomic mass is 127. The average Bonchev–Trinajstić information content (AvgIpc) is 3.11. The number of hydrogen-bond acceptors (Lipinski definition) is 5. The molecule has 1 heterocycles. The van der Waals surface area contributed by atoms with E-state index in [4.69, 9.17) is 9.47 Å². The number of aliphatic imine (C=N–C) groups is 1. The molecule has 29 heavy (non-hydrogen) atoms. The highest BCUT2D eigenvalue weighted by molar-refractivity contribution is 14.0. The van der Waals surface area contributed by atoms with Crippen LogP contribution in [0.3, 0.4) is 0 Å². The number of aryl methyl sites for hydroxylation is 1. The number of carbonyl (C=O) groups excluding carboxylic acids is 1. The van der Waals surface area contributed by atoms with Crippen molar-refractivity contribution in [2.24, 2.45) is 4.99 Å². The average molecular weight is 532 g/mol. The monoisotopic (exact) mass is 532 g/mol. The summed E-state index contributed by atoms with van der Waals surface area (Å²) >= 11 is 1.73. The van der Waals surface area contributed by atoms with E-state index in [-0.39, 0.29) is 36.5 Å². The predicted octanol–water partition coefficient (Wildman–Crippen LogP) is 3.06. The lowest BCUT2D eigenvalue weighted by molar-refractivity contribution is -0.123. The first-order valence-corrected chi connectivity index (χ1v) is 9.99. The summed E-state index contributed by atoms with van der Waals surface area (Å²) in [7, 11) is 3.32. The van der Waals surface area contributed by atoms with Gasteiger partial charge in [-0.1, -0.05) is 6.07 Å². The quantitative estimate of drug-likeness (QED) is 0.263. The molecule has 0 atom stereocenters. The van der Waals surface area contributed by atoms with Gasteiger partial charge in [0.15, 0.2) is 24.1 Å². The summed E-state index contributed by atoms with van der Waals surface area (Å²) < 4.78 is 10.9. The Hall–Kier alpha value is -2.01. The van der Waals surface area contributed by atoms with Crippen LogP contribution in [0.25, 0.3) is 0 Å². The van der Waals surface area contributed by atoms with Crippen molar-refractivity contribution in [3.05, 3.63) is 45.6 Å². The maximum absolute atomic E-state index is 11.6. The zero-order chi connectivity index (χ0) is 20.4. The van der Waals surface area contributed by atoms with Gasteiger partial charge in [0.25, 0.3) is 5.91 Å². The minimum Gasteiger partial charge on any atom is -0.493 e. The van der Waals surface area contributed by atoms with Gasteiger partial charge >= 0.3 is 0 Å². The van der Waals surface area contributed by atoms with Crippen LogP contribution >= 0.6 is 35.3 Å². The third-order valence-corrected chi connectivity index (χ3v) is 5.05. The van der Waals surface area contributed by atoms with Crippen molar-refractivity contribution in [1.29, 1.82) is 0 Å². The molecule has 1 amide bonds. The number of nitrogens with one attached hydrogen (secondary N) is 3. The van der Waals surface area contributed by atoms with Gasteiger partial charge in [0.05, 0.1) is 13.7 Å². The molecule has 3 N–H and O–H groups in total. The zero-order valence-electron chi connectivity index (χ0n) is 17.2. The second-order valence-corrected chi connectivity index (χ2v) is 7.03. The summed E-state index contributed by atoms with van der Waals surface area (Å²) in [5.41, 5.74) is 2.29. The van der Waals surface area contributed by atoms with Gasteiger partial charge in [-0.3, -0.25) is 9.79 Å². The summed E-state index contributed by atoms with van der Waals surface area (Å²) in [5.74, 6) is 1.68. The minimum atomic E-state index is -0.161. The van der Waals surface area contributed by atoms with Crippen LogP contribution in [0.15, 0.2) is 34.6 Å². The number of likely N-dealkylation sites (N-methyl/N-ethyl adjacent to an activating group) is 1. The number of rotatable bonds is 9. The Morgan fingerprint density at radius 3 is 2.52 bits per heavy atom. The van der Waals surface area contributed by atoms with E-state index < -0.39 is 0 Å². The maximum atomic E-state index is 11.6. The highest BCUT2D eigenvalue weighted by Gasteiger charge is 2.09. The second kappa shape index (κ2) is 13.3. The van der Waals surface area contributed by atoms with Crippen LogP contribution in [0.2, 0.25) is 0 Å². The number of nitrogens with zero attached hydrogens (tertiary/aromatic N) is 1. The number of thiophene rings is 1. The smallest absolute Gasteiger partial charge is 0.257 e. The van der Waals surface area contributed by atoms with Crippen molar-refractivity contribution in [3.8, 4) is 11.5 Å². The summed E-state index contributed by atoms with van der Waals surface area (Å²) in [4.78, 5) is 17.1. The lowest BCUT2D eigenvalue weighted by atomic mass is 10.2. The Bertz CT molecular complexity index is 811. The molecular formula is C20H29IN4O3S. The van der Waals surface area contributed by atoms with E-state index in [1.54, 1.807) is 31.6 Å². The van der Waals surface area contributed by atoms with Gasteiger partial charge in [-0.15, -0.1) is 35.3 Å². The van der Waals surface area contributed by atoms with E-state index in [1.165, 1.54) is 10.4 Å². The highest BCUT2D eigenvalue weighted by Crippen LogP contribution is 2.28. The molecule has 0 spiro atoms. The lowest BCUT2D eigenvalue weighted by Crippen LogP contribution is -2.36. The number of amides is 1. The van der Waals surface area contributed by atoms with Gasteiger partial charge < -0.3 is 25.4 Å². The molecule has 0 aliphatic rings. The molecule has 1 aromatic carbocycles. The molecule has 2 rings (SSSR count). The number of methoxy groups -OCH3 is 1. The van der Waals surface area contributed by atoms with Crippen molar-refractivity contribution in [2.45, 2.75) is 26.9 Å². The van der Waals surface area contributed by atoms with Gasteiger partial charge in [-0.05, 0) is 48.6 Å². The summed E-state index contributed by atoms with van der Waals surface area (Å²) in [6.07, 6.45) is 0. The molecule has 2 aromatic rings. The van der Waals surface area contributed by atoms with Crippen LogP contribution in [0.5, 0.6) is 11.5 Å². The fourth-order valence-electron chi connectivity index (χ4n) is 2.49. The molecule has 0 radical (unpaired) electrons. The van der Waals surface area contributed by atoms with Crippen molar-refractivity contribution >= 4 is 47.2 Å². The van der Waals surface area contributed by atoms with Gasteiger partial charge in [-0.2, -0.15) is 0 Å². The van der Waals surface area contributed by atoms with Gasteiger partial charge in [0.2, 0.25) is 0 Å². The van der Waals surface area contributed by atoms with Crippen LogP contribution in [0, 0.1) is 6.92 Å². The molecule has 0 bridgehead atoms. The Morgan fingerprint density at radius 2 is 1.90 bits per heavy atom. The predicted molar refractivity (Wildman–Crippen MR) is 129 cm³/mol. The standard InChI is InChI=1S/C20H28N4O3S.HI/c1-5-22-19(25)13-27-16-7-6-15(10-17(16)26-4)11-23-20(21-3)24-12-18-14(2)8-9-28-18;/h6-10H,5,11-13H2,1-4H3,(H,22,25)(H2,21,23,24);1H. The summed E-state index contributed by atoms with van der Waals surface area (Å²) in [5, 5.41) is 11.4. The maximum Gasteiger partial charge on any atom is 0.257 e. The van der Waals surface area contributed by atoms with Crippen LogP contribution in [-0.2, 0) is 17.9 Å². The largest absolute Gasteiger partial charge is 0.493 e. The molecule has 9 heteroatoms. The molecule has 0 aliphatic heterocycles. The van der Waals surface area contributed by atoms with Crippen LogP contribution in [0.4, 0.5) is 0 Å². The molecule has 0 saturated heterocycles. The van der Waals surface area contributed by atoms with Crippen molar-refractivity contribution in [3.63, 3.8) is 0 Å². The summed E-state index contributed by atoms with van der Waals surface area (Å²) in [6, 6.07) is 7.73. The Labute approximate surface area is 193 Å². The van der Waals surface area contributed by atoms with E-state index in [0.29, 0.717) is 24.6 Å². The first-order valence-electron chi connectivity index (χ1n) is 9.11. The number of carbonyl (C=O) groups is 1. The van der Waals surface area contributed by atoms with Gasteiger partial charge in [0, 0.05) is 25.0 Å². The summed E-state index contributed by atoms with van der Waals surface area (Å²) in [6.45, 7) is 5.82. The number of ether oxygens (including phenoxy) is 2. The Kier molecular flexibility index (Phi) is 11.4. The Balaban J connectivity index is 0.00000420. The first kappa shape index (κ1) is 25.0. The molecule has 0 unspecified atom stereocenters. The molecular weight excluding hydrogens is 503 g/mol. The number of halogens is 1. The Morgan fingerprint density at radius 1 is 1.14 bits per heavy atom. The van der Waals surface area contributed by atoms with E-state index in [9.17, 15) is 4.79 Å². The number of hydrogen-bond donors (Lipinski definition) is 3. The third kappa shape index (κ3) is 8.09. The fraction of sp³-hybridized carbons (Fsp3) is 0.400. The number of guanidine groups is 1. The normalized spacial score (nSPS) is 10.7.